The molecule has 0 saturated carbocycles. The Morgan fingerprint density at radius 2 is 1.73 bits per heavy atom. The maximum atomic E-state index is 11.1. The lowest BCUT2D eigenvalue weighted by atomic mass is 10.2. The molecule has 0 bridgehead atoms. The van der Waals surface area contributed by atoms with Gasteiger partial charge in [0.2, 0.25) is 5.78 Å². The summed E-state index contributed by atoms with van der Waals surface area (Å²) in [5.41, 5.74) is 0.490. The van der Waals surface area contributed by atoms with E-state index in [0.29, 0.717) is 5.57 Å². The molecule has 0 fully saturated rings. The monoisotopic (exact) mass is 155 g/mol. The number of ketones is 1. The topological polar surface area (TPSA) is 37.4 Å². The molecule has 62 valence electrons. The minimum atomic E-state index is -0.472. The van der Waals surface area contributed by atoms with E-state index in [1.807, 2.05) is 0 Å². The van der Waals surface area contributed by atoms with E-state index >= 15 is 0 Å². The van der Waals surface area contributed by atoms with E-state index in [1.165, 1.54) is 4.90 Å². The average molecular weight is 155 g/mol. The van der Waals surface area contributed by atoms with E-state index < -0.39 is 11.7 Å². The van der Waals surface area contributed by atoms with E-state index in [1.54, 1.807) is 34.0 Å². The first kappa shape index (κ1) is 9.88. The Labute approximate surface area is 66.7 Å². The summed E-state index contributed by atoms with van der Waals surface area (Å²) < 4.78 is 0. The number of carbonyl (C=O) groups is 2. The zero-order valence-corrected chi connectivity index (χ0v) is 7.34. The number of rotatable bonds is 2. The highest BCUT2D eigenvalue weighted by atomic mass is 16.2. The molecule has 11 heavy (non-hydrogen) atoms. The summed E-state index contributed by atoms with van der Waals surface area (Å²) in [5, 5.41) is 0. The zero-order valence-electron chi connectivity index (χ0n) is 7.34. The maximum absolute atomic E-state index is 11.1. The first-order valence-electron chi connectivity index (χ1n) is 3.39. The van der Waals surface area contributed by atoms with E-state index in [9.17, 15) is 9.59 Å². The van der Waals surface area contributed by atoms with Crippen LogP contribution >= 0.6 is 0 Å². The Morgan fingerprint density at radius 3 is 2.00 bits per heavy atom. The number of Topliss-reactive ketones (excluding diaryl/α,β-unsaturated/α-hetero) is 1. The van der Waals surface area contributed by atoms with Gasteiger partial charge < -0.3 is 4.90 Å². The van der Waals surface area contributed by atoms with Gasteiger partial charge in [-0.15, -0.1) is 0 Å². The van der Waals surface area contributed by atoms with E-state index in [2.05, 4.69) is 0 Å². The van der Waals surface area contributed by atoms with Crippen molar-refractivity contribution >= 4 is 11.7 Å². The molecule has 0 unspecified atom stereocenters. The van der Waals surface area contributed by atoms with Gasteiger partial charge in [0, 0.05) is 14.1 Å². The summed E-state index contributed by atoms with van der Waals surface area (Å²) in [6.07, 6.45) is 1.63. The van der Waals surface area contributed by atoms with Gasteiger partial charge in [0.25, 0.3) is 5.91 Å². The fourth-order valence-corrected chi connectivity index (χ4v) is 0.503. The summed E-state index contributed by atoms with van der Waals surface area (Å²) in [4.78, 5) is 23.3. The molecular weight excluding hydrogens is 142 g/mol. The number of nitrogens with zero attached hydrogens (tertiary/aromatic N) is 1. The lowest BCUT2D eigenvalue weighted by Crippen LogP contribution is -2.30. The van der Waals surface area contributed by atoms with E-state index in [4.69, 9.17) is 0 Å². The molecule has 0 aromatic rings. The predicted molar refractivity (Wildman–Crippen MR) is 43.1 cm³/mol. The maximum Gasteiger partial charge on any atom is 0.294 e. The first-order valence-corrected chi connectivity index (χ1v) is 3.39. The fraction of sp³-hybridized carbons (Fsp3) is 0.500. The molecule has 0 heterocycles. The van der Waals surface area contributed by atoms with Crippen LogP contribution in [-0.4, -0.2) is 30.7 Å². The van der Waals surface area contributed by atoms with E-state index in [-0.39, 0.29) is 0 Å². The van der Waals surface area contributed by atoms with Gasteiger partial charge >= 0.3 is 0 Å². The predicted octanol–water partition coefficient (Wildman–Crippen LogP) is 0.610. The SMILES string of the molecule is C/C=C(\C)C(=O)C(=O)N(C)C. The molecular formula is C8H13NO2. The van der Waals surface area contributed by atoms with Crippen molar-refractivity contribution in [2.75, 3.05) is 14.1 Å². The van der Waals surface area contributed by atoms with Gasteiger partial charge in [-0.25, -0.2) is 0 Å². The van der Waals surface area contributed by atoms with Crippen LogP contribution in [0.4, 0.5) is 0 Å². The third-order valence-electron chi connectivity index (χ3n) is 1.39. The van der Waals surface area contributed by atoms with Crippen molar-refractivity contribution in [2.24, 2.45) is 0 Å². The van der Waals surface area contributed by atoms with Gasteiger partial charge in [0.05, 0.1) is 0 Å². The molecule has 0 aliphatic rings. The lowest BCUT2D eigenvalue weighted by Gasteiger charge is -2.08. The molecule has 0 N–H and O–H groups in total. The molecule has 3 nitrogen and oxygen atoms in total. The molecule has 0 saturated heterocycles. The van der Waals surface area contributed by atoms with Crippen LogP contribution in [0.2, 0.25) is 0 Å². The highest BCUT2D eigenvalue weighted by Gasteiger charge is 2.16. The lowest BCUT2D eigenvalue weighted by molar-refractivity contribution is -0.140. The Morgan fingerprint density at radius 1 is 1.27 bits per heavy atom. The van der Waals surface area contributed by atoms with Crippen molar-refractivity contribution in [3.05, 3.63) is 11.6 Å². The molecule has 0 atom stereocenters. The number of carbonyl (C=O) groups excluding carboxylic acids is 2. The van der Waals surface area contributed by atoms with Gasteiger partial charge in [-0.1, -0.05) is 6.08 Å². The van der Waals surface area contributed by atoms with Crippen molar-refractivity contribution in [2.45, 2.75) is 13.8 Å². The van der Waals surface area contributed by atoms with Crippen LogP contribution < -0.4 is 0 Å². The highest BCUT2D eigenvalue weighted by Crippen LogP contribution is 1.96. The van der Waals surface area contributed by atoms with Crippen molar-refractivity contribution in [1.29, 1.82) is 0 Å². The second-order valence-electron chi connectivity index (χ2n) is 2.50. The second-order valence-corrected chi connectivity index (χ2v) is 2.50. The molecule has 0 aliphatic carbocycles. The minimum Gasteiger partial charge on any atom is -0.342 e. The van der Waals surface area contributed by atoms with Gasteiger partial charge in [-0.2, -0.15) is 0 Å². The zero-order chi connectivity index (χ0) is 9.02. The Bertz CT molecular complexity index is 204. The summed E-state index contributed by atoms with van der Waals surface area (Å²) in [7, 11) is 3.12. The molecule has 1 amide bonds. The summed E-state index contributed by atoms with van der Waals surface area (Å²) in [6, 6.07) is 0. The Balaban J connectivity index is 4.39. The van der Waals surface area contributed by atoms with Crippen LogP contribution in [0.15, 0.2) is 11.6 Å². The minimum absolute atomic E-state index is 0.433. The summed E-state index contributed by atoms with van der Waals surface area (Å²) in [6.45, 7) is 3.36. The quantitative estimate of drug-likeness (QED) is 0.433. The molecule has 0 aromatic heterocycles. The molecule has 0 radical (unpaired) electrons. The number of likely N-dealkylation sites (N-methyl/N-ethyl adjacent to an activating group) is 1. The van der Waals surface area contributed by atoms with Crippen LogP contribution in [0.3, 0.4) is 0 Å². The molecule has 0 spiro atoms. The Kier molecular flexibility index (Phi) is 3.51. The smallest absolute Gasteiger partial charge is 0.294 e. The standard InChI is InChI=1S/C8H13NO2/c1-5-6(2)7(10)8(11)9(3)4/h5H,1-4H3/b6-5+. The second kappa shape index (κ2) is 3.91. The third-order valence-corrected chi connectivity index (χ3v) is 1.39. The first-order chi connectivity index (χ1) is 5.00. The third kappa shape index (κ3) is 2.53. The molecule has 0 aliphatic heterocycles. The number of amides is 1. The van der Waals surface area contributed by atoms with Crippen molar-refractivity contribution in [3.63, 3.8) is 0 Å². The van der Waals surface area contributed by atoms with E-state index in [0.717, 1.165) is 0 Å². The summed E-state index contributed by atoms with van der Waals surface area (Å²) in [5.74, 6) is -0.905. The molecule has 3 heteroatoms. The average Bonchev–Trinajstić information content (AvgIpc) is 2.00. The number of hydrogen-bond donors (Lipinski definition) is 0. The Hall–Kier alpha value is -1.12. The molecule has 0 rings (SSSR count). The van der Waals surface area contributed by atoms with Crippen LogP contribution in [0.25, 0.3) is 0 Å². The fourth-order valence-electron chi connectivity index (χ4n) is 0.503. The largest absolute Gasteiger partial charge is 0.342 e. The number of allylic oxidation sites excluding steroid dienone is 1. The van der Waals surface area contributed by atoms with Gasteiger partial charge in [0.1, 0.15) is 0 Å². The molecule has 0 aromatic carbocycles. The van der Waals surface area contributed by atoms with Crippen molar-refractivity contribution in [1.82, 2.24) is 4.90 Å². The van der Waals surface area contributed by atoms with Crippen LogP contribution in [0, 0.1) is 0 Å². The van der Waals surface area contributed by atoms with Gasteiger partial charge in [-0.3, -0.25) is 9.59 Å². The number of hydrogen-bond acceptors (Lipinski definition) is 2. The summed E-state index contributed by atoms with van der Waals surface area (Å²) >= 11 is 0. The van der Waals surface area contributed by atoms with Crippen LogP contribution in [0.5, 0.6) is 0 Å². The van der Waals surface area contributed by atoms with Crippen molar-refractivity contribution in [3.8, 4) is 0 Å². The normalized spacial score (nSPS) is 11.1. The van der Waals surface area contributed by atoms with Crippen LogP contribution in [-0.2, 0) is 9.59 Å². The highest BCUT2D eigenvalue weighted by molar-refractivity contribution is 6.42. The van der Waals surface area contributed by atoms with Gasteiger partial charge in [0.15, 0.2) is 0 Å². The van der Waals surface area contributed by atoms with Gasteiger partial charge in [-0.05, 0) is 19.4 Å². The van der Waals surface area contributed by atoms with Crippen molar-refractivity contribution < 1.29 is 9.59 Å². The van der Waals surface area contributed by atoms with Crippen LogP contribution in [0.1, 0.15) is 13.8 Å².